The molecule has 6 aromatic rings. The van der Waals surface area contributed by atoms with Crippen molar-refractivity contribution in [1.29, 1.82) is 0 Å². The summed E-state index contributed by atoms with van der Waals surface area (Å²) in [6.07, 6.45) is 4.23. The number of hydrogen-bond donors (Lipinski definition) is 2. The summed E-state index contributed by atoms with van der Waals surface area (Å²) in [7, 11) is -8.10. The van der Waals surface area contributed by atoms with Crippen LogP contribution in [0.5, 0.6) is 11.8 Å². The maximum atomic E-state index is 12.7. The first-order chi connectivity index (χ1) is 25.1. The molecule has 278 valence electrons. The molecule has 53 heavy (non-hydrogen) atoms. The smallest absolute Gasteiger partial charge is 0.264 e. The highest BCUT2D eigenvalue weighted by Gasteiger charge is 2.24. The number of benzene rings is 2. The third-order valence-electron chi connectivity index (χ3n) is 6.58. The predicted molar refractivity (Wildman–Crippen MR) is 210 cm³/mol. The molecule has 4 heterocycles. The van der Waals surface area contributed by atoms with E-state index in [0.717, 1.165) is 11.1 Å². The Morgan fingerprint density at radius 1 is 0.755 bits per heavy atom. The second-order valence-corrected chi connectivity index (χ2v) is 17.5. The number of thiophene rings is 1. The molecule has 0 atom stereocenters. The minimum absolute atomic E-state index is 0.00768. The topological polar surface area (TPSA) is 175 Å². The summed E-state index contributed by atoms with van der Waals surface area (Å²) in [5.74, 6) is 0.569. The van der Waals surface area contributed by atoms with Gasteiger partial charge in [0.2, 0.25) is 11.6 Å². The Morgan fingerprint density at radius 3 is 1.72 bits per heavy atom. The molecule has 0 aliphatic rings. The van der Waals surface area contributed by atoms with E-state index < -0.39 is 20.0 Å². The van der Waals surface area contributed by atoms with Gasteiger partial charge in [0.15, 0.2) is 0 Å². The number of aryl methyl sites for hydroxylation is 1. The Bertz CT molecular complexity index is 2460. The summed E-state index contributed by atoms with van der Waals surface area (Å²) in [6, 6.07) is 12.3. The van der Waals surface area contributed by atoms with Gasteiger partial charge in [-0.1, -0.05) is 58.5 Å². The maximum absolute atomic E-state index is 12.7. The minimum Gasteiger partial charge on any atom is -0.470 e. The van der Waals surface area contributed by atoms with Crippen LogP contribution < -0.4 is 18.9 Å². The lowest BCUT2D eigenvalue weighted by atomic mass is 10.3. The summed E-state index contributed by atoms with van der Waals surface area (Å²) >= 11 is 31.7. The molecule has 22 heteroatoms. The third kappa shape index (κ3) is 10.7. The van der Waals surface area contributed by atoms with Crippen molar-refractivity contribution in [3.63, 3.8) is 0 Å². The van der Waals surface area contributed by atoms with Gasteiger partial charge in [-0.2, -0.15) is 11.3 Å². The lowest BCUT2D eigenvalue weighted by molar-refractivity contribution is 0.291. The molecule has 0 saturated heterocycles. The van der Waals surface area contributed by atoms with Crippen molar-refractivity contribution >= 4 is 121 Å². The van der Waals surface area contributed by atoms with E-state index in [1.807, 2.05) is 16.8 Å². The number of hydrogen-bond acceptors (Lipinski definition) is 12. The van der Waals surface area contributed by atoms with Crippen LogP contribution in [0.1, 0.15) is 16.9 Å². The highest BCUT2D eigenvalue weighted by molar-refractivity contribution is 9.10. The molecule has 0 fully saturated rings. The van der Waals surface area contributed by atoms with Gasteiger partial charge in [0.05, 0.1) is 38.7 Å². The van der Waals surface area contributed by atoms with Gasteiger partial charge in [-0.15, -0.1) is 0 Å². The van der Waals surface area contributed by atoms with Gasteiger partial charge in [0.25, 0.3) is 31.8 Å². The van der Waals surface area contributed by atoms with Crippen molar-refractivity contribution in [2.45, 2.75) is 29.9 Å². The molecule has 4 aromatic heterocycles. The average Bonchev–Trinajstić information content (AvgIpc) is 3.79. The number of aromatic nitrogens is 4. The Morgan fingerprint density at radius 2 is 1.26 bits per heavy atom. The summed E-state index contributed by atoms with van der Waals surface area (Å²) in [5.41, 5.74) is 1.73. The fraction of sp³-hybridized carbons (Fsp3) is 0.0968. The van der Waals surface area contributed by atoms with E-state index in [4.69, 9.17) is 60.3 Å². The van der Waals surface area contributed by atoms with Crippen molar-refractivity contribution in [3.05, 3.63) is 124 Å². The van der Waals surface area contributed by atoms with Crippen LogP contribution in [0.3, 0.4) is 0 Å². The molecular weight excluding hydrogens is 966 g/mol. The zero-order valence-corrected chi connectivity index (χ0v) is 35.2. The molecule has 2 aromatic carbocycles. The third-order valence-corrected chi connectivity index (χ3v) is 12.7. The molecule has 0 aliphatic carbocycles. The monoisotopic (exact) mass is 984 g/mol. The molecule has 6 rings (SSSR count). The van der Waals surface area contributed by atoms with Crippen molar-refractivity contribution in [2.75, 3.05) is 9.44 Å². The van der Waals surface area contributed by atoms with Crippen LogP contribution >= 0.6 is 89.6 Å². The highest BCUT2D eigenvalue weighted by Crippen LogP contribution is 2.33. The van der Waals surface area contributed by atoms with E-state index >= 15 is 0 Å². The predicted octanol–water partition coefficient (Wildman–Crippen LogP) is 9.81. The van der Waals surface area contributed by atoms with Crippen LogP contribution in [0, 0.1) is 6.92 Å². The van der Waals surface area contributed by atoms with E-state index in [2.05, 4.69) is 61.2 Å². The van der Waals surface area contributed by atoms with Gasteiger partial charge in [0, 0.05) is 11.1 Å². The van der Waals surface area contributed by atoms with E-state index in [1.165, 1.54) is 66.4 Å². The van der Waals surface area contributed by atoms with E-state index in [1.54, 1.807) is 13.0 Å². The first kappa shape index (κ1) is 41.0. The quantitative estimate of drug-likeness (QED) is 0.119. The average molecular weight is 988 g/mol. The van der Waals surface area contributed by atoms with Crippen LogP contribution in [0.15, 0.2) is 101 Å². The SMILES string of the molecule is Cc1occc1COc1nc(Br)cnc1NS(=O)(=O)c1cccc(Cl)c1Cl.O=S(=O)(Nc1ncc(Br)nc1OCc1ccsc1)c1cccc(Cl)c1Cl. The molecule has 0 unspecified atom stereocenters. The summed E-state index contributed by atoms with van der Waals surface area (Å²) in [6.45, 7) is 2.14. The Hall–Kier alpha value is -3.20. The summed E-state index contributed by atoms with van der Waals surface area (Å²) < 4.78 is 72.6. The number of nitrogens with one attached hydrogen (secondary N) is 2. The van der Waals surface area contributed by atoms with Crippen LogP contribution in [-0.2, 0) is 33.3 Å². The lowest BCUT2D eigenvalue weighted by Crippen LogP contribution is -2.16. The first-order valence-electron chi connectivity index (χ1n) is 14.4. The maximum Gasteiger partial charge on any atom is 0.264 e. The lowest BCUT2D eigenvalue weighted by Gasteiger charge is -2.13. The van der Waals surface area contributed by atoms with Crippen LogP contribution in [0.4, 0.5) is 11.6 Å². The largest absolute Gasteiger partial charge is 0.470 e. The van der Waals surface area contributed by atoms with E-state index in [-0.39, 0.29) is 66.5 Å². The Balaban J connectivity index is 0.000000204. The van der Waals surface area contributed by atoms with Gasteiger partial charge in [-0.3, -0.25) is 9.44 Å². The van der Waals surface area contributed by atoms with Gasteiger partial charge in [0.1, 0.15) is 38.0 Å². The van der Waals surface area contributed by atoms with Crippen molar-refractivity contribution in [3.8, 4) is 11.8 Å². The van der Waals surface area contributed by atoms with Crippen LogP contribution in [0.2, 0.25) is 20.1 Å². The Kier molecular flexibility index (Phi) is 13.9. The normalized spacial score (nSPS) is 11.4. The van der Waals surface area contributed by atoms with E-state index in [0.29, 0.717) is 15.0 Å². The highest BCUT2D eigenvalue weighted by atomic mass is 79.9. The molecule has 0 amide bonds. The molecule has 0 radical (unpaired) electrons. The van der Waals surface area contributed by atoms with Crippen LogP contribution in [0.25, 0.3) is 0 Å². The van der Waals surface area contributed by atoms with Crippen molar-refractivity contribution < 1.29 is 30.7 Å². The number of ether oxygens (including phenoxy) is 2. The van der Waals surface area contributed by atoms with Gasteiger partial charge >= 0.3 is 0 Å². The fourth-order valence-corrected chi connectivity index (χ4v) is 8.75. The number of rotatable bonds is 12. The number of furan rings is 1. The Labute approximate surface area is 344 Å². The first-order valence-corrected chi connectivity index (χ1v) is 21.4. The molecule has 0 spiro atoms. The van der Waals surface area contributed by atoms with Crippen molar-refractivity contribution in [1.82, 2.24) is 19.9 Å². The molecular formula is C31H22Br2Cl4N6O7S3. The number of halogens is 6. The number of sulfonamides is 2. The van der Waals surface area contributed by atoms with Crippen LogP contribution in [-0.4, -0.2) is 36.8 Å². The molecule has 0 aliphatic heterocycles. The minimum atomic E-state index is -4.06. The van der Waals surface area contributed by atoms with Gasteiger partial charge in [-0.05, 0) is 85.9 Å². The molecule has 0 bridgehead atoms. The van der Waals surface area contributed by atoms with E-state index in [9.17, 15) is 16.8 Å². The standard InChI is InChI=1S/C16H12BrCl2N3O4S.C15H10BrCl2N3O3S2/c1-9-10(5-6-25-9)8-26-16-15(20-7-13(17)21-16)22-27(23,24)12-4-2-3-11(18)14(12)19;16-12-6-19-14(15(20-12)24-7-9-4-5-25-8-9)21-26(22,23)11-3-1-2-10(17)13(11)18/h2-7H,8H2,1H3,(H,20,22);1-6,8H,7H2,(H,19,21). The summed E-state index contributed by atoms with van der Waals surface area (Å²) in [5, 5.41) is 3.91. The van der Waals surface area contributed by atoms with Gasteiger partial charge in [-0.25, -0.2) is 36.8 Å². The second-order valence-electron chi connectivity index (χ2n) is 10.2. The second kappa shape index (κ2) is 18.0. The molecule has 0 saturated carbocycles. The molecule has 2 N–H and O–H groups in total. The number of anilines is 2. The summed E-state index contributed by atoms with van der Waals surface area (Å²) in [4.78, 5) is 16.0. The zero-order valence-electron chi connectivity index (χ0n) is 26.6. The fourth-order valence-electron chi connectivity index (χ4n) is 4.03. The number of nitrogens with zero attached hydrogens (tertiary/aromatic N) is 4. The molecule has 13 nitrogen and oxygen atoms in total. The zero-order chi connectivity index (χ0) is 38.3. The van der Waals surface area contributed by atoms with Crippen molar-refractivity contribution in [2.24, 2.45) is 0 Å². The van der Waals surface area contributed by atoms with Gasteiger partial charge < -0.3 is 13.9 Å².